The first-order chi connectivity index (χ1) is 8.60. The first-order valence-electron chi connectivity index (χ1n) is 5.50. The molecule has 5 nitrogen and oxygen atoms in total. The number of halogens is 1. The summed E-state index contributed by atoms with van der Waals surface area (Å²) in [6.45, 7) is 6.12. The first-order valence-corrected chi connectivity index (χ1v) is 6.29. The summed E-state index contributed by atoms with van der Waals surface area (Å²) in [4.78, 5) is 13.6. The Kier molecular flexibility index (Phi) is 5.94. The van der Waals surface area contributed by atoms with Gasteiger partial charge in [0.25, 0.3) is 0 Å². The molecular formula is C12H17BrN2O3. The van der Waals surface area contributed by atoms with Crippen molar-refractivity contribution in [1.29, 1.82) is 0 Å². The maximum Gasteiger partial charge on any atom is 0.341 e. The van der Waals surface area contributed by atoms with Crippen molar-refractivity contribution in [3.63, 3.8) is 0 Å². The summed E-state index contributed by atoms with van der Waals surface area (Å²) in [5.74, 6) is -0.0817. The predicted molar refractivity (Wildman–Crippen MR) is 72.8 cm³/mol. The first kappa shape index (κ1) is 14.8. The maximum atomic E-state index is 11.7. The highest BCUT2D eigenvalue weighted by Gasteiger charge is 2.19. The van der Waals surface area contributed by atoms with Gasteiger partial charge in [0.15, 0.2) is 0 Å². The number of hydrogen-bond acceptors (Lipinski definition) is 5. The van der Waals surface area contributed by atoms with Crippen molar-refractivity contribution in [3.8, 4) is 0 Å². The van der Waals surface area contributed by atoms with Crippen molar-refractivity contribution in [3.05, 3.63) is 34.6 Å². The zero-order chi connectivity index (χ0) is 13.5. The fraction of sp³-hybridized carbons (Fsp3) is 0.417. The number of carbonyl (C=O) groups is 1. The van der Waals surface area contributed by atoms with Gasteiger partial charge >= 0.3 is 5.97 Å². The van der Waals surface area contributed by atoms with Crippen molar-refractivity contribution in [2.45, 2.75) is 0 Å². The molecule has 100 valence electrons. The number of allylic oxidation sites excluding steroid dienone is 2. The summed E-state index contributed by atoms with van der Waals surface area (Å²) in [6.07, 6.45) is 3.18. The van der Waals surface area contributed by atoms with E-state index in [1.807, 2.05) is 4.90 Å². The second-order valence-electron chi connectivity index (χ2n) is 3.62. The van der Waals surface area contributed by atoms with E-state index in [-0.39, 0.29) is 0 Å². The van der Waals surface area contributed by atoms with Crippen LogP contribution in [0, 0.1) is 0 Å². The average molecular weight is 317 g/mol. The van der Waals surface area contributed by atoms with E-state index >= 15 is 0 Å². The molecule has 2 N–H and O–H groups in total. The molecule has 0 aromatic carbocycles. The lowest BCUT2D eigenvalue weighted by Gasteiger charge is -2.29. The van der Waals surface area contributed by atoms with Crippen molar-refractivity contribution in [1.82, 2.24) is 4.90 Å². The molecule has 0 bridgehead atoms. The van der Waals surface area contributed by atoms with Crippen LogP contribution in [0.25, 0.3) is 0 Å². The van der Waals surface area contributed by atoms with E-state index < -0.39 is 5.97 Å². The van der Waals surface area contributed by atoms with Crippen molar-refractivity contribution in [2.75, 3.05) is 33.4 Å². The molecule has 6 heteroatoms. The molecule has 0 unspecified atom stereocenters. The van der Waals surface area contributed by atoms with Crippen LogP contribution < -0.4 is 5.73 Å². The number of hydrogen-bond donors (Lipinski definition) is 1. The fourth-order valence-electron chi connectivity index (χ4n) is 1.52. The summed E-state index contributed by atoms with van der Waals surface area (Å²) in [7, 11) is 1.32. The summed E-state index contributed by atoms with van der Waals surface area (Å²) in [5, 5.41) is 0. The summed E-state index contributed by atoms with van der Waals surface area (Å²) < 4.78 is 10.6. The fourth-order valence-corrected chi connectivity index (χ4v) is 1.75. The monoisotopic (exact) mass is 316 g/mol. The smallest absolute Gasteiger partial charge is 0.341 e. The molecule has 1 rings (SSSR count). The van der Waals surface area contributed by atoms with E-state index in [0.717, 1.165) is 0 Å². The van der Waals surface area contributed by atoms with Crippen LogP contribution >= 0.6 is 15.9 Å². The number of ether oxygens (including phenoxy) is 2. The highest BCUT2D eigenvalue weighted by molar-refractivity contribution is 9.11. The van der Waals surface area contributed by atoms with Crippen molar-refractivity contribution >= 4 is 21.9 Å². The van der Waals surface area contributed by atoms with E-state index in [2.05, 4.69) is 22.5 Å². The molecule has 0 aromatic heterocycles. The molecule has 1 fully saturated rings. The van der Waals surface area contributed by atoms with E-state index in [0.29, 0.717) is 42.2 Å². The number of rotatable bonds is 4. The number of carbonyl (C=O) groups excluding carboxylic acids is 1. The van der Waals surface area contributed by atoms with E-state index in [9.17, 15) is 4.79 Å². The Hall–Kier alpha value is -1.27. The zero-order valence-corrected chi connectivity index (χ0v) is 11.9. The Morgan fingerprint density at radius 3 is 2.61 bits per heavy atom. The molecule has 0 atom stereocenters. The highest BCUT2D eigenvalue weighted by Crippen LogP contribution is 2.16. The molecular weight excluding hydrogens is 300 g/mol. The average Bonchev–Trinajstić information content (AvgIpc) is 2.43. The zero-order valence-electron chi connectivity index (χ0n) is 10.3. The normalized spacial score (nSPS) is 18.1. The van der Waals surface area contributed by atoms with Crippen LogP contribution in [0.4, 0.5) is 0 Å². The van der Waals surface area contributed by atoms with E-state index in [4.69, 9.17) is 15.2 Å². The number of esters is 1. The third kappa shape index (κ3) is 3.89. The van der Waals surface area contributed by atoms with Gasteiger partial charge in [0, 0.05) is 17.6 Å². The second-order valence-corrected chi connectivity index (χ2v) is 4.54. The highest BCUT2D eigenvalue weighted by atomic mass is 79.9. The summed E-state index contributed by atoms with van der Waals surface area (Å²) in [6, 6.07) is 0. The quantitative estimate of drug-likeness (QED) is 0.478. The lowest BCUT2D eigenvalue weighted by atomic mass is 10.2. The molecule has 0 radical (unpaired) electrons. The Morgan fingerprint density at radius 2 is 2.11 bits per heavy atom. The molecule has 1 aliphatic heterocycles. The molecule has 0 aliphatic carbocycles. The molecule has 1 heterocycles. The Bertz CT molecular complexity index is 385. The lowest BCUT2D eigenvalue weighted by molar-refractivity contribution is -0.135. The van der Waals surface area contributed by atoms with Gasteiger partial charge in [-0.2, -0.15) is 0 Å². The van der Waals surface area contributed by atoms with Gasteiger partial charge in [-0.05, 0) is 6.08 Å². The van der Waals surface area contributed by atoms with Gasteiger partial charge in [-0.25, -0.2) is 4.79 Å². The van der Waals surface area contributed by atoms with Gasteiger partial charge in [0.1, 0.15) is 11.4 Å². The SMILES string of the molecule is C=C/C(Br)=C\C(C(=O)OC)=C(/N)N1CCOCC1. The van der Waals surface area contributed by atoms with E-state index in [1.165, 1.54) is 7.11 Å². The molecule has 1 aliphatic rings. The second kappa shape index (κ2) is 7.23. The Morgan fingerprint density at radius 1 is 1.50 bits per heavy atom. The lowest BCUT2D eigenvalue weighted by Crippen LogP contribution is -2.39. The van der Waals surface area contributed by atoms with Gasteiger partial charge in [0.05, 0.1) is 20.3 Å². The van der Waals surface area contributed by atoms with Crippen LogP contribution in [0.15, 0.2) is 34.6 Å². The third-order valence-corrected chi connectivity index (χ3v) is 3.06. The largest absolute Gasteiger partial charge is 0.465 e. The molecule has 0 spiro atoms. The van der Waals surface area contributed by atoms with Crippen molar-refractivity contribution < 1.29 is 14.3 Å². The van der Waals surface area contributed by atoms with Crippen LogP contribution in [0.3, 0.4) is 0 Å². The topological polar surface area (TPSA) is 64.8 Å². The number of methoxy groups -OCH3 is 1. The van der Waals surface area contributed by atoms with Gasteiger partial charge in [-0.3, -0.25) is 0 Å². The molecule has 0 saturated carbocycles. The minimum atomic E-state index is -0.474. The van der Waals surface area contributed by atoms with Crippen LogP contribution in [0.2, 0.25) is 0 Å². The predicted octanol–water partition coefficient (Wildman–Crippen LogP) is 1.13. The van der Waals surface area contributed by atoms with Crippen molar-refractivity contribution in [2.24, 2.45) is 5.73 Å². The van der Waals surface area contributed by atoms with Gasteiger partial charge in [-0.15, -0.1) is 0 Å². The minimum absolute atomic E-state index is 0.311. The van der Waals surface area contributed by atoms with Gasteiger partial charge < -0.3 is 20.1 Å². The molecule has 1 saturated heterocycles. The maximum absolute atomic E-state index is 11.7. The third-order valence-electron chi connectivity index (χ3n) is 2.51. The Labute approximate surface area is 115 Å². The van der Waals surface area contributed by atoms with Crippen LogP contribution in [0.5, 0.6) is 0 Å². The van der Waals surface area contributed by atoms with Crippen LogP contribution in [0.1, 0.15) is 0 Å². The molecule has 0 aromatic rings. The number of nitrogens with zero attached hydrogens (tertiary/aromatic N) is 1. The number of morpholine rings is 1. The summed E-state index contributed by atoms with van der Waals surface area (Å²) in [5.41, 5.74) is 6.33. The minimum Gasteiger partial charge on any atom is -0.465 e. The Balaban J connectivity index is 3.05. The molecule has 18 heavy (non-hydrogen) atoms. The van der Waals surface area contributed by atoms with E-state index in [1.54, 1.807) is 12.2 Å². The molecule has 0 amide bonds. The standard InChI is InChI=1S/C12H17BrN2O3/c1-3-9(13)8-10(12(16)17-2)11(14)15-4-6-18-7-5-15/h3,8H,1,4-7,14H2,2H3/b9-8+,11-10-. The van der Waals surface area contributed by atoms with Crippen LogP contribution in [-0.2, 0) is 14.3 Å². The summed E-state index contributed by atoms with van der Waals surface area (Å²) >= 11 is 3.27. The van der Waals surface area contributed by atoms with Gasteiger partial charge in [0.2, 0.25) is 0 Å². The number of nitrogens with two attached hydrogens (primary N) is 1. The van der Waals surface area contributed by atoms with Crippen LogP contribution in [-0.4, -0.2) is 44.3 Å². The van der Waals surface area contributed by atoms with Gasteiger partial charge in [-0.1, -0.05) is 28.6 Å².